The lowest BCUT2D eigenvalue weighted by Gasteiger charge is -2.01. The Morgan fingerprint density at radius 2 is 1.91 bits per heavy atom. The normalized spacial score (nSPS) is 15.3. The summed E-state index contributed by atoms with van der Waals surface area (Å²) in [5.41, 5.74) is 1.62. The van der Waals surface area contributed by atoms with Gasteiger partial charge in [0.25, 0.3) is 0 Å². The first-order valence-corrected chi connectivity index (χ1v) is 6.98. The number of nitrogens with zero attached hydrogens (tertiary/aromatic N) is 1. The summed E-state index contributed by atoms with van der Waals surface area (Å²) in [4.78, 5) is 27.1. The van der Waals surface area contributed by atoms with E-state index >= 15 is 0 Å². The Morgan fingerprint density at radius 3 is 2.65 bits per heavy atom. The van der Waals surface area contributed by atoms with Crippen molar-refractivity contribution >= 4 is 23.9 Å². The SMILES string of the molecule is CC(=O)Oc1cccc(C=C2N=C(c3ccccc3)OC2=O)c1. The number of ether oxygens (including phenoxy) is 2. The van der Waals surface area contributed by atoms with Crippen LogP contribution in [0.15, 0.2) is 65.3 Å². The molecule has 3 rings (SSSR count). The molecule has 0 fully saturated rings. The summed E-state index contributed by atoms with van der Waals surface area (Å²) in [6.45, 7) is 1.33. The average molecular weight is 307 g/mol. The Labute approximate surface area is 132 Å². The zero-order valence-electron chi connectivity index (χ0n) is 12.4. The maximum Gasteiger partial charge on any atom is 0.363 e. The fraction of sp³-hybridized carbons (Fsp3) is 0.0556. The van der Waals surface area contributed by atoms with Crippen LogP contribution in [0.25, 0.3) is 6.08 Å². The smallest absolute Gasteiger partial charge is 0.363 e. The van der Waals surface area contributed by atoms with Crippen molar-refractivity contribution in [2.75, 3.05) is 0 Å². The first-order valence-electron chi connectivity index (χ1n) is 6.98. The van der Waals surface area contributed by atoms with Crippen molar-refractivity contribution in [1.29, 1.82) is 0 Å². The molecule has 0 aromatic heterocycles. The van der Waals surface area contributed by atoms with Gasteiger partial charge in [-0.15, -0.1) is 0 Å². The van der Waals surface area contributed by atoms with E-state index in [4.69, 9.17) is 9.47 Å². The van der Waals surface area contributed by atoms with Gasteiger partial charge in [-0.1, -0.05) is 30.3 Å². The van der Waals surface area contributed by atoms with Crippen LogP contribution in [0.5, 0.6) is 5.75 Å². The molecule has 1 aliphatic rings. The number of esters is 2. The topological polar surface area (TPSA) is 65.0 Å². The minimum Gasteiger partial charge on any atom is -0.427 e. The zero-order chi connectivity index (χ0) is 16.2. The molecule has 1 heterocycles. The number of carbonyl (C=O) groups excluding carboxylic acids is 2. The van der Waals surface area contributed by atoms with Crippen molar-refractivity contribution in [2.24, 2.45) is 4.99 Å². The van der Waals surface area contributed by atoms with Gasteiger partial charge in [0.15, 0.2) is 5.70 Å². The molecular weight excluding hydrogens is 294 g/mol. The van der Waals surface area contributed by atoms with Crippen molar-refractivity contribution < 1.29 is 19.1 Å². The van der Waals surface area contributed by atoms with Gasteiger partial charge >= 0.3 is 11.9 Å². The molecule has 5 nitrogen and oxygen atoms in total. The first-order chi connectivity index (χ1) is 11.1. The van der Waals surface area contributed by atoms with Crippen molar-refractivity contribution in [1.82, 2.24) is 0 Å². The lowest BCUT2D eigenvalue weighted by molar-refractivity contribution is -0.132. The van der Waals surface area contributed by atoms with Gasteiger partial charge in [-0.2, -0.15) is 0 Å². The van der Waals surface area contributed by atoms with Crippen LogP contribution in [-0.2, 0) is 14.3 Å². The molecule has 2 aromatic carbocycles. The van der Waals surface area contributed by atoms with Crippen LogP contribution in [-0.4, -0.2) is 17.8 Å². The Kier molecular flexibility index (Phi) is 4.01. The molecule has 0 amide bonds. The average Bonchev–Trinajstić information content (AvgIpc) is 2.89. The highest BCUT2D eigenvalue weighted by atomic mass is 16.6. The van der Waals surface area contributed by atoms with E-state index in [0.29, 0.717) is 11.3 Å². The van der Waals surface area contributed by atoms with Gasteiger partial charge in [-0.3, -0.25) is 4.79 Å². The van der Waals surface area contributed by atoms with Crippen LogP contribution in [0.3, 0.4) is 0 Å². The second kappa shape index (κ2) is 6.27. The Morgan fingerprint density at radius 1 is 1.13 bits per heavy atom. The molecule has 23 heavy (non-hydrogen) atoms. The summed E-state index contributed by atoms with van der Waals surface area (Å²) in [5.74, 6) is -0.232. The van der Waals surface area contributed by atoms with E-state index in [0.717, 1.165) is 5.56 Å². The van der Waals surface area contributed by atoms with Gasteiger partial charge in [-0.25, -0.2) is 9.79 Å². The number of carbonyl (C=O) groups is 2. The van der Waals surface area contributed by atoms with Crippen molar-refractivity contribution in [3.8, 4) is 5.75 Å². The van der Waals surface area contributed by atoms with Crippen LogP contribution in [0.4, 0.5) is 0 Å². The van der Waals surface area contributed by atoms with Crippen molar-refractivity contribution in [3.05, 3.63) is 71.4 Å². The van der Waals surface area contributed by atoms with Crippen molar-refractivity contribution in [2.45, 2.75) is 6.92 Å². The minimum absolute atomic E-state index is 0.198. The number of hydrogen-bond acceptors (Lipinski definition) is 5. The minimum atomic E-state index is -0.512. The molecule has 0 saturated carbocycles. The Balaban J connectivity index is 1.89. The molecule has 0 aliphatic carbocycles. The fourth-order valence-electron chi connectivity index (χ4n) is 2.11. The molecule has 0 bridgehead atoms. The second-order valence-corrected chi connectivity index (χ2v) is 4.87. The molecular formula is C18H13NO4. The molecule has 0 spiro atoms. The summed E-state index contributed by atoms with van der Waals surface area (Å²) in [6, 6.07) is 16.0. The summed E-state index contributed by atoms with van der Waals surface area (Å²) in [5, 5.41) is 0. The van der Waals surface area contributed by atoms with E-state index in [1.807, 2.05) is 30.3 Å². The predicted octanol–water partition coefficient (Wildman–Crippen LogP) is 2.96. The molecule has 0 N–H and O–H groups in total. The highest BCUT2D eigenvalue weighted by Gasteiger charge is 2.23. The summed E-state index contributed by atoms with van der Waals surface area (Å²) in [6.07, 6.45) is 1.59. The van der Waals surface area contributed by atoms with Crippen LogP contribution in [0.1, 0.15) is 18.1 Å². The lowest BCUT2D eigenvalue weighted by atomic mass is 10.2. The van der Waals surface area contributed by atoms with E-state index < -0.39 is 11.9 Å². The third-order valence-electron chi connectivity index (χ3n) is 3.06. The van der Waals surface area contributed by atoms with E-state index in [2.05, 4.69) is 4.99 Å². The van der Waals surface area contributed by atoms with Crippen molar-refractivity contribution in [3.63, 3.8) is 0 Å². The van der Waals surface area contributed by atoms with Gasteiger partial charge in [0.2, 0.25) is 5.90 Å². The highest BCUT2D eigenvalue weighted by molar-refractivity contribution is 6.12. The van der Waals surface area contributed by atoms with Gasteiger partial charge < -0.3 is 9.47 Å². The number of cyclic esters (lactones) is 1. The Bertz CT molecular complexity index is 822. The van der Waals surface area contributed by atoms with Gasteiger partial charge in [0.1, 0.15) is 5.75 Å². The summed E-state index contributed by atoms with van der Waals surface area (Å²) >= 11 is 0. The molecule has 0 saturated heterocycles. The maximum atomic E-state index is 11.9. The standard InChI is InChI=1S/C18H13NO4/c1-12(20)22-15-9-5-6-13(10-15)11-16-18(21)23-17(19-16)14-7-3-2-4-8-14/h2-11H,1H3. The maximum absolute atomic E-state index is 11.9. The molecule has 0 atom stereocenters. The highest BCUT2D eigenvalue weighted by Crippen LogP contribution is 2.21. The molecule has 2 aromatic rings. The molecule has 0 unspecified atom stereocenters. The predicted molar refractivity (Wildman–Crippen MR) is 84.8 cm³/mol. The second-order valence-electron chi connectivity index (χ2n) is 4.87. The lowest BCUT2D eigenvalue weighted by Crippen LogP contribution is -2.05. The summed E-state index contributed by atoms with van der Waals surface area (Å²) in [7, 11) is 0. The first kappa shape index (κ1) is 14.7. The van der Waals surface area contributed by atoms with Gasteiger partial charge in [0, 0.05) is 12.5 Å². The van der Waals surface area contributed by atoms with E-state index in [1.165, 1.54) is 6.92 Å². The molecule has 114 valence electrons. The summed E-state index contributed by atoms with van der Waals surface area (Å²) < 4.78 is 10.2. The number of hydrogen-bond donors (Lipinski definition) is 0. The number of benzene rings is 2. The van der Waals surface area contributed by atoms with Crippen LogP contribution < -0.4 is 4.74 Å². The third kappa shape index (κ3) is 3.52. The zero-order valence-corrected chi connectivity index (χ0v) is 12.4. The molecule has 5 heteroatoms. The van der Waals surface area contributed by atoms with Crippen LogP contribution in [0, 0.1) is 0 Å². The molecule has 0 radical (unpaired) electrons. The number of aliphatic imine (C=N–C) groups is 1. The quantitative estimate of drug-likeness (QED) is 0.497. The van der Waals surface area contributed by atoms with Crippen LogP contribution >= 0.6 is 0 Å². The van der Waals surface area contributed by atoms with E-state index in [9.17, 15) is 9.59 Å². The fourth-order valence-corrected chi connectivity index (χ4v) is 2.11. The Hall–Kier alpha value is -3.21. The van der Waals surface area contributed by atoms with Gasteiger partial charge in [0.05, 0.1) is 0 Å². The monoisotopic (exact) mass is 307 g/mol. The van der Waals surface area contributed by atoms with Crippen LogP contribution in [0.2, 0.25) is 0 Å². The van der Waals surface area contributed by atoms with E-state index in [1.54, 1.807) is 30.3 Å². The van der Waals surface area contributed by atoms with Gasteiger partial charge in [-0.05, 0) is 35.9 Å². The third-order valence-corrected chi connectivity index (χ3v) is 3.06. The number of rotatable bonds is 3. The largest absolute Gasteiger partial charge is 0.427 e. The van der Waals surface area contributed by atoms with E-state index in [-0.39, 0.29) is 11.6 Å². The molecule has 1 aliphatic heterocycles.